The maximum atomic E-state index is 10.2. The van der Waals surface area contributed by atoms with Gasteiger partial charge in [0.2, 0.25) is 0 Å². The summed E-state index contributed by atoms with van der Waals surface area (Å²) in [6.45, 7) is 6.17. The standard InChI is InChI=1S/C32H41Cl2N5O2/c1-2-3-4-5-6-7-8-9-18-37(21-16-35-29-14-19-38(40)31-23-25(33)10-12-27(29)31)22-17-36-30-15-20-39(41)32-24-26(34)11-13-28(30)32/h10-15,19-20,23-24,40-41H,2-9,16-18,21-22H2,1H3. The first kappa shape index (κ1) is 30.9. The second kappa shape index (κ2) is 15.9. The number of rotatable bonds is 15. The predicted molar refractivity (Wildman–Crippen MR) is 168 cm³/mol. The third kappa shape index (κ3) is 8.99. The van der Waals surface area contributed by atoms with Gasteiger partial charge in [0.15, 0.2) is 0 Å². The summed E-state index contributed by atoms with van der Waals surface area (Å²) in [6, 6.07) is 14.6. The molecular formula is C32H41Cl2N5O2. The molecule has 4 rings (SSSR count). The van der Waals surface area contributed by atoms with Crippen LogP contribution in [0.15, 0.2) is 70.9 Å². The van der Waals surface area contributed by atoms with E-state index >= 15 is 0 Å². The Morgan fingerprint density at radius 2 is 1.10 bits per heavy atom. The lowest BCUT2D eigenvalue weighted by Gasteiger charge is -2.20. The molecular weight excluding hydrogens is 557 g/mol. The fourth-order valence-electron chi connectivity index (χ4n) is 5.15. The van der Waals surface area contributed by atoms with Gasteiger partial charge in [0.25, 0.3) is 0 Å². The van der Waals surface area contributed by atoms with Crippen molar-refractivity contribution in [2.45, 2.75) is 58.3 Å². The number of fused-ring (bicyclic) bond motifs is 2. The Hall–Kier alpha value is -3.00. The van der Waals surface area contributed by atoms with Crippen LogP contribution in [0.5, 0.6) is 0 Å². The van der Waals surface area contributed by atoms with E-state index in [0.717, 1.165) is 57.0 Å². The van der Waals surface area contributed by atoms with Crippen LogP contribution in [0.3, 0.4) is 0 Å². The topological polar surface area (TPSA) is 78.3 Å². The van der Waals surface area contributed by atoms with Gasteiger partial charge in [-0.05, 0) is 61.5 Å². The summed E-state index contributed by atoms with van der Waals surface area (Å²) in [5.41, 5.74) is 1.27. The van der Waals surface area contributed by atoms with Gasteiger partial charge in [0.1, 0.15) is 0 Å². The highest BCUT2D eigenvalue weighted by Crippen LogP contribution is 2.17. The summed E-state index contributed by atoms with van der Waals surface area (Å²) >= 11 is 12.3. The molecule has 2 N–H and O–H groups in total. The molecule has 0 fully saturated rings. The van der Waals surface area contributed by atoms with Crippen molar-refractivity contribution in [2.24, 2.45) is 9.98 Å². The van der Waals surface area contributed by atoms with Crippen molar-refractivity contribution in [3.8, 4) is 0 Å². The van der Waals surface area contributed by atoms with Crippen LogP contribution in [-0.4, -0.2) is 57.5 Å². The third-order valence-corrected chi connectivity index (χ3v) is 7.91. The first-order valence-corrected chi connectivity index (χ1v) is 15.5. The maximum absolute atomic E-state index is 10.2. The SMILES string of the molecule is CCCCCCCCCCN(CCN=c1ccn(O)c2cc(Cl)ccc12)CCN=c1ccn(O)c2cc(Cl)ccc12. The van der Waals surface area contributed by atoms with Crippen molar-refractivity contribution in [1.82, 2.24) is 14.4 Å². The Balaban J connectivity index is 1.43. The van der Waals surface area contributed by atoms with Gasteiger partial charge in [0.05, 0.1) is 34.8 Å². The molecule has 0 radical (unpaired) electrons. The Labute approximate surface area is 251 Å². The van der Waals surface area contributed by atoms with Crippen LogP contribution < -0.4 is 10.7 Å². The monoisotopic (exact) mass is 597 g/mol. The second-order valence-corrected chi connectivity index (χ2v) is 11.4. The van der Waals surface area contributed by atoms with Gasteiger partial charge in [-0.2, -0.15) is 9.46 Å². The van der Waals surface area contributed by atoms with Gasteiger partial charge in [0, 0.05) is 46.3 Å². The molecule has 2 aromatic heterocycles. The summed E-state index contributed by atoms with van der Waals surface area (Å²) in [4.78, 5) is 12.2. The van der Waals surface area contributed by atoms with Crippen molar-refractivity contribution < 1.29 is 10.4 Å². The molecule has 7 nitrogen and oxygen atoms in total. The molecule has 2 heterocycles. The number of halogens is 2. The van der Waals surface area contributed by atoms with Crippen LogP contribution in [0.1, 0.15) is 58.3 Å². The van der Waals surface area contributed by atoms with E-state index in [0.29, 0.717) is 34.2 Å². The number of hydrogen-bond acceptors (Lipinski definition) is 5. The average molecular weight is 599 g/mol. The molecule has 220 valence electrons. The lowest BCUT2D eigenvalue weighted by molar-refractivity contribution is 0.197. The van der Waals surface area contributed by atoms with Gasteiger partial charge in [-0.1, -0.05) is 75.1 Å². The largest absolute Gasteiger partial charge is 0.428 e. The van der Waals surface area contributed by atoms with Crippen LogP contribution in [0.4, 0.5) is 0 Å². The van der Waals surface area contributed by atoms with Crippen molar-refractivity contribution in [2.75, 3.05) is 32.7 Å². The molecule has 41 heavy (non-hydrogen) atoms. The average Bonchev–Trinajstić information content (AvgIpc) is 2.96. The zero-order chi connectivity index (χ0) is 29.0. The molecule has 0 amide bonds. The Morgan fingerprint density at radius 1 is 0.634 bits per heavy atom. The van der Waals surface area contributed by atoms with Gasteiger partial charge < -0.3 is 10.4 Å². The van der Waals surface area contributed by atoms with Crippen LogP contribution >= 0.6 is 23.2 Å². The lowest BCUT2D eigenvalue weighted by Crippen LogP contribution is -2.31. The Bertz CT molecular complexity index is 1460. The number of pyridine rings is 2. The zero-order valence-corrected chi connectivity index (χ0v) is 25.4. The van der Waals surface area contributed by atoms with E-state index < -0.39 is 0 Å². The number of hydrogen-bond donors (Lipinski definition) is 2. The summed E-state index contributed by atoms with van der Waals surface area (Å²) in [5, 5.41) is 24.9. The summed E-state index contributed by atoms with van der Waals surface area (Å²) < 4.78 is 2.16. The summed E-state index contributed by atoms with van der Waals surface area (Å²) in [6.07, 6.45) is 13.5. The first-order chi connectivity index (χ1) is 20.0. The molecule has 0 aliphatic carbocycles. The molecule has 0 unspecified atom stereocenters. The Kier molecular flexibility index (Phi) is 12.0. The maximum Gasteiger partial charge on any atom is 0.0901 e. The van der Waals surface area contributed by atoms with E-state index in [4.69, 9.17) is 33.2 Å². The van der Waals surface area contributed by atoms with Crippen molar-refractivity contribution >= 4 is 45.0 Å². The lowest BCUT2D eigenvalue weighted by atomic mass is 10.1. The zero-order valence-electron chi connectivity index (χ0n) is 23.9. The molecule has 4 aromatic rings. The molecule has 0 bridgehead atoms. The quantitative estimate of drug-likeness (QED) is 0.111. The van der Waals surface area contributed by atoms with E-state index in [9.17, 15) is 10.4 Å². The van der Waals surface area contributed by atoms with Gasteiger partial charge >= 0.3 is 0 Å². The minimum atomic E-state index is 0.570. The highest BCUT2D eigenvalue weighted by Gasteiger charge is 2.07. The smallest absolute Gasteiger partial charge is 0.0901 e. The third-order valence-electron chi connectivity index (χ3n) is 7.44. The van der Waals surface area contributed by atoms with E-state index in [-0.39, 0.29) is 0 Å². The van der Waals surface area contributed by atoms with Crippen LogP contribution in [-0.2, 0) is 0 Å². The predicted octanol–water partition coefficient (Wildman–Crippen LogP) is 7.32. The summed E-state index contributed by atoms with van der Waals surface area (Å²) in [5.74, 6) is 0. The van der Waals surface area contributed by atoms with Crippen LogP contribution in [0, 0.1) is 0 Å². The summed E-state index contributed by atoms with van der Waals surface area (Å²) in [7, 11) is 0. The highest BCUT2D eigenvalue weighted by molar-refractivity contribution is 6.31. The number of nitrogens with zero attached hydrogens (tertiary/aromatic N) is 5. The van der Waals surface area contributed by atoms with E-state index in [2.05, 4.69) is 11.8 Å². The first-order valence-electron chi connectivity index (χ1n) is 14.7. The van der Waals surface area contributed by atoms with Gasteiger partial charge in [-0.15, -0.1) is 0 Å². The number of aromatic nitrogens is 2. The molecule has 0 atom stereocenters. The highest BCUT2D eigenvalue weighted by atomic mass is 35.5. The van der Waals surface area contributed by atoms with E-state index in [1.54, 1.807) is 24.5 Å². The fourth-order valence-corrected chi connectivity index (χ4v) is 5.48. The molecule has 0 saturated carbocycles. The van der Waals surface area contributed by atoms with Gasteiger partial charge in [-0.3, -0.25) is 14.9 Å². The molecule has 0 aliphatic rings. The van der Waals surface area contributed by atoms with Gasteiger partial charge in [-0.25, -0.2) is 0 Å². The van der Waals surface area contributed by atoms with Crippen molar-refractivity contribution in [3.63, 3.8) is 0 Å². The van der Waals surface area contributed by atoms with E-state index in [1.165, 1.54) is 44.9 Å². The normalized spacial score (nSPS) is 12.8. The van der Waals surface area contributed by atoms with Crippen LogP contribution in [0.25, 0.3) is 21.8 Å². The molecule has 2 aromatic carbocycles. The molecule has 0 spiro atoms. The van der Waals surface area contributed by atoms with Crippen molar-refractivity contribution in [1.29, 1.82) is 0 Å². The molecule has 0 aliphatic heterocycles. The fraction of sp³-hybridized carbons (Fsp3) is 0.438. The van der Waals surface area contributed by atoms with E-state index in [1.807, 2.05) is 36.4 Å². The minimum Gasteiger partial charge on any atom is -0.428 e. The Morgan fingerprint density at radius 3 is 1.59 bits per heavy atom. The minimum absolute atomic E-state index is 0.570. The van der Waals surface area contributed by atoms with Crippen LogP contribution in [0.2, 0.25) is 10.0 Å². The molecule has 9 heteroatoms. The molecule has 0 saturated heterocycles. The van der Waals surface area contributed by atoms with Crippen molar-refractivity contribution in [3.05, 3.63) is 81.7 Å². The number of benzene rings is 2. The number of unbranched alkanes of at least 4 members (excludes halogenated alkanes) is 7. The second-order valence-electron chi connectivity index (χ2n) is 10.5.